The minimum Gasteiger partial charge on any atom is -0.497 e. The maximum absolute atomic E-state index is 15.0. The first-order valence-corrected chi connectivity index (χ1v) is 13.1. The summed E-state index contributed by atoms with van der Waals surface area (Å²) in [5.74, 6) is 1.14. The lowest BCUT2D eigenvalue weighted by Crippen LogP contribution is -2.35. The lowest BCUT2D eigenvalue weighted by atomic mass is 9.95. The van der Waals surface area contributed by atoms with Gasteiger partial charge in [0.25, 0.3) is 0 Å². The fraction of sp³-hybridized carbons (Fsp3) is 0.344. The first-order chi connectivity index (χ1) is 17.9. The van der Waals surface area contributed by atoms with Crippen molar-refractivity contribution in [3.05, 3.63) is 77.2 Å². The Morgan fingerprint density at radius 1 is 0.946 bits per heavy atom. The second-order valence-electron chi connectivity index (χ2n) is 10.2. The second kappa shape index (κ2) is 10.9. The van der Waals surface area contributed by atoms with Crippen molar-refractivity contribution in [2.24, 2.45) is 0 Å². The van der Waals surface area contributed by atoms with Crippen LogP contribution >= 0.6 is 0 Å². The molecule has 0 amide bonds. The topological polar surface area (TPSA) is 43.4 Å². The van der Waals surface area contributed by atoms with E-state index in [-0.39, 0.29) is 5.82 Å². The van der Waals surface area contributed by atoms with Gasteiger partial charge in [-0.2, -0.15) is 0 Å². The first kappa shape index (κ1) is 25.2. The molecule has 4 nitrogen and oxygen atoms in total. The molecule has 192 valence electrons. The van der Waals surface area contributed by atoms with Crippen molar-refractivity contribution in [3.63, 3.8) is 0 Å². The number of pyridine rings is 1. The third-order valence-electron chi connectivity index (χ3n) is 7.29. The summed E-state index contributed by atoms with van der Waals surface area (Å²) in [6, 6.07) is 15.9. The monoisotopic (exact) mass is 498 g/mol. The molecule has 1 aromatic heterocycles. The molecule has 0 bridgehead atoms. The van der Waals surface area contributed by atoms with Gasteiger partial charge >= 0.3 is 0 Å². The maximum atomic E-state index is 15.0. The number of halogens is 1. The molecule has 3 aromatic carbocycles. The molecule has 1 fully saturated rings. The van der Waals surface area contributed by atoms with Crippen molar-refractivity contribution >= 4 is 10.9 Å². The van der Waals surface area contributed by atoms with Crippen LogP contribution in [0.1, 0.15) is 42.4 Å². The molecule has 1 N–H and O–H groups in total. The van der Waals surface area contributed by atoms with E-state index in [4.69, 9.17) is 14.5 Å². The van der Waals surface area contributed by atoms with Gasteiger partial charge in [-0.05, 0) is 93.6 Å². The van der Waals surface area contributed by atoms with Gasteiger partial charge in [-0.15, -0.1) is 0 Å². The molecule has 0 radical (unpaired) electrons. The van der Waals surface area contributed by atoms with E-state index in [1.807, 2.05) is 25.3 Å². The number of rotatable bonds is 7. The number of methoxy groups -OCH3 is 1. The number of ether oxygens (including phenoxy) is 2. The quantitative estimate of drug-likeness (QED) is 0.286. The summed E-state index contributed by atoms with van der Waals surface area (Å²) in [5, 5.41) is 4.50. The molecule has 1 unspecified atom stereocenters. The number of aromatic nitrogens is 1. The Labute approximate surface area is 218 Å². The molecule has 5 heteroatoms. The molecule has 0 aliphatic carbocycles. The van der Waals surface area contributed by atoms with Crippen molar-refractivity contribution < 1.29 is 13.9 Å². The van der Waals surface area contributed by atoms with Crippen LogP contribution in [0, 0.1) is 26.6 Å². The number of aryl methyl sites for hydroxylation is 3. The lowest BCUT2D eigenvalue weighted by Gasteiger charge is -2.24. The van der Waals surface area contributed by atoms with Crippen molar-refractivity contribution in [1.29, 1.82) is 0 Å². The normalized spacial score (nSPS) is 15.6. The number of fused-ring (bicyclic) bond motifs is 1. The Kier molecular flexibility index (Phi) is 7.43. The highest BCUT2D eigenvalue weighted by atomic mass is 19.1. The van der Waals surface area contributed by atoms with Gasteiger partial charge in [0.2, 0.25) is 0 Å². The van der Waals surface area contributed by atoms with E-state index in [2.05, 4.69) is 37.4 Å². The Hall–Kier alpha value is -3.44. The fourth-order valence-corrected chi connectivity index (χ4v) is 5.41. The van der Waals surface area contributed by atoms with Crippen LogP contribution in [0.25, 0.3) is 33.2 Å². The highest BCUT2D eigenvalue weighted by Crippen LogP contribution is 2.40. The zero-order valence-electron chi connectivity index (χ0n) is 22.2. The second-order valence-corrected chi connectivity index (χ2v) is 10.2. The van der Waals surface area contributed by atoms with Crippen LogP contribution in [0.5, 0.6) is 11.5 Å². The van der Waals surface area contributed by atoms with Crippen molar-refractivity contribution in [2.45, 2.75) is 52.5 Å². The van der Waals surface area contributed by atoms with Gasteiger partial charge in [-0.1, -0.05) is 35.7 Å². The van der Waals surface area contributed by atoms with Crippen molar-refractivity contribution in [2.75, 3.05) is 20.3 Å². The molecular formula is C32H35FN2O2. The molecule has 2 heterocycles. The van der Waals surface area contributed by atoms with Gasteiger partial charge < -0.3 is 14.8 Å². The number of nitrogens with zero attached hydrogens (tertiary/aromatic N) is 1. The molecular weight excluding hydrogens is 463 g/mol. The van der Waals surface area contributed by atoms with E-state index in [1.54, 1.807) is 19.2 Å². The fourth-order valence-electron chi connectivity index (χ4n) is 5.41. The summed E-state index contributed by atoms with van der Waals surface area (Å²) in [6.45, 7) is 7.87. The Morgan fingerprint density at radius 2 is 1.76 bits per heavy atom. The van der Waals surface area contributed by atoms with E-state index < -0.39 is 0 Å². The summed E-state index contributed by atoms with van der Waals surface area (Å²) < 4.78 is 27.0. The van der Waals surface area contributed by atoms with Gasteiger partial charge in [0, 0.05) is 28.8 Å². The summed E-state index contributed by atoms with van der Waals surface area (Å²) in [6.07, 6.45) is 6.54. The maximum Gasteiger partial charge on any atom is 0.138 e. The minimum absolute atomic E-state index is 0.285. The Balaban J connectivity index is 1.64. The smallest absolute Gasteiger partial charge is 0.138 e. The van der Waals surface area contributed by atoms with E-state index in [9.17, 15) is 0 Å². The lowest BCUT2D eigenvalue weighted by molar-refractivity contribution is 0.271. The van der Waals surface area contributed by atoms with E-state index >= 15 is 4.39 Å². The predicted octanol–water partition coefficient (Wildman–Crippen LogP) is 7.55. The summed E-state index contributed by atoms with van der Waals surface area (Å²) >= 11 is 0. The highest BCUT2D eigenvalue weighted by molar-refractivity contribution is 5.96. The number of hydrogen-bond donors (Lipinski definition) is 1. The SMILES string of the molecule is COc1ccc(F)c(-c2cc3c(OCCC4CCCCN4)c(-c4cc(C)cc(C)c4)cnc3cc2C)c1. The number of nitrogens with one attached hydrogen (secondary N) is 1. The number of piperidine rings is 1. The van der Waals surface area contributed by atoms with E-state index in [1.165, 1.54) is 36.5 Å². The number of benzene rings is 3. The van der Waals surface area contributed by atoms with Crippen LogP contribution in [0.4, 0.5) is 4.39 Å². The predicted molar refractivity (Wildman–Crippen MR) is 149 cm³/mol. The third-order valence-corrected chi connectivity index (χ3v) is 7.29. The molecule has 0 spiro atoms. The van der Waals surface area contributed by atoms with Crippen molar-refractivity contribution in [1.82, 2.24) is 10.3 Å². The summed E-state index contributed by atoms with van der Waals surface area (Å²) in [4.78, 5) is 4.82. The summed E-state index contributed by atoms with van der Waals surface area (Å²) in [5.41, 5.74) is 7.51. The molecule has 0 saturated carbocycles. The van der Waals surface area contributed by atoms with Crippen LogP contribution in [0.2, 0.25) is 0 Å². The van der Waals surface area contributed by atoms with Crippen LogP contribution < -0.4 is 14.8 Å². The Morgan fingerprint density at radius 3 is 2.49 bits per heavy atom. The van der Waals surface area contributed by atoms with Gasteiger partial charge in [0.05, 0.1) is 19.2 Å². The van der Waals surface area contributed by atoms with Crippen LogP contribution in [0.3, 0.4) is 0 Å². The number of hydrogen-bond acceptors (Lipinski definition) is 4. The van der Waals surface area contributed by atoms with Gasteiger partial charge in [-0.3, -0.25) is 4.98 Å². The zero-order valence-corrected chi connectivity index (χ0v) is 22.2. The van der Waals surface area contributed by atoms with Gasteiger partial charge in [0.15, 0.2) is 0 Å². The highest BCUT2D eigenvalue weighted by Gasteiger charge is 2.19. The molecule has 5 rings (SSSR count). The average Bonchev–Trinajstić information content (AvgIpc) is 2.89. The van der Waals surface area contributed by atoms with Gasteiger partial charge in [0.1, 0.15) is 17.3 Å². The average molecular weight is 499 g/mol. The van der Waals surface area contributed by atoms with Crippen LogP contribution in [-0.2, 0) is 0 Å². The van der Waals surface area contributed by atoms with E-state index in [0.29, 0.717) is 24.0 Å². The van der Waals surface area contributed by atoms with Crippen LogP contribution in [0.15, 0.2) is 54.7 Å². The molecule has 1 aliphatic rings. The van der Waals surface area contributed by atoms with E-state index in [0.717, 1.165) is 51.9 Å². The standard InChI is InChI=1S/C32H35FN2O2/c1-20-13-21(2)15-23(14-20)29-19-35-31-16-22(3)26(27-17-25(36-4)8-9-30(27)33)18-28(31)32(29)37-12-10-24-7-5-6-11-34-24/h8-9,13-19,24,34H,5-7,10-12H2,1-4H3. The third kappa shape index (κ3) is 5.47. The zero-order chi connectivity index (χ0) is 25.9. The molecule has 37 heavy (non-hydrogen) atoms. The molecule has 1 saturated heterocycles. The molecule has 1 atom stereocenters. The molecule has 1 aliphatic heterocycles. The summed E-state index contributed by atoms with van der Waals surface area (Å²) in [7, 11) is 1.59. The first-order valence-electron chi connectivity index (χ1n) is 13.1. The van der Waals surface area contributed by atoms with Gasteiger partial charge in [-0.25, -0.2) is 4.39 Å². The minimum atomic E-state index is -0.285. The largest absolute Gasteiger partial charge is 0.497 e. The van der Waals surface area contributed by atoms with Crippen molar-refractivity contribution in [3.8, 4) is 33.8 Å². The Bertz CT molecular complexity index is 1410. The molecule has 4 aromatic rings. The van der Waals surface area contributed by atoms with Crippen LogP contribution in [-0.4, -0.2) is 31.3 Å².